The maximum absolute atomic E-state index is 13.7. The molecule has 0 bridgehead atoms. The van der Waals surface area contributed by atoms with E-state index < -0.39 is 11.4 Å². The van der Waals surface area contributed by atoms with Gasteiger partial charge < -0.3 is 19.5 Å². The molecule has 1 amide bonds. The van der Waals surface area contributed by atoms with Crippen molar-refractivity contribution < 1.29 is 13.9 Å². The minimum absolute atomic E-state index is 0.0906. The van der Waals surface area contributed by atoms with Crippen LogP contribution in [0.1, 0.15) is 59.2 Å². The highest BCUT2D eigenvalue weighted by molar-refractivity contribution is 6.31. The lowest BCUT2D eigenvalue weighted by atomic mass is 9.96. The Labute approximate surface area is 201 Å². The van der Waals surface area contributed by atoms with E-state index in [0.29, 0.717) is 19.0 Å². The molecule has 2 heterocycles. The molecule has 1 aliphatic rings. The summed E-state index contributed by atoms with van der Waals surface area (Å²) in [5.41, 5.74) is 1.08. The number of benzene rings is 1. The van der Waals surface area contributed by atoms with Gasteiger partial charge in [-0.3, -0.25) is 0 Å². The van der Waals surface area contributed by atoms with Crippen LogP contribution < -0.4 is 5.32 Å². The Bertz CT molecular complexity index is 946. The Morgan fingerprint density at radius 3 is 2.61 bits per heavy atom. The van der Waals surface area contributed by atoms with Crippen LogP contribution in [0.3, 0.4) is 0 Å². The Hall–Kier alpha value is -2.12. The normalized spacial score (nSPS) is 15.3. The van der Waals surface area contributed by atoms with Crippen LogP contribution in [0.15, 0.2) is 24.4 Å². The van der Waals surface area contributed by atoms with E-state index in [9.17, 15) is 9.18 Å². The molecular formula is C25H36ClFN4O2. The van der Waals surface area contributed by atoms with Gasteiger partial charge in [-0.25, -0.2) is 14.2 Å². The highest BCUT2D eigenvalue weighted by Gasteiger charge is 2.30. The van der Waals surface area contributed by atoms with Gasteiger partial charge in [-0.2, -0.15) is 0 Å². The third kappa shape index (κ3) is 7.18. The first-order valence-corrected chi connectivity index (χ1v) is 12.1. The van der Waals surface area contributed by atoms with E-state index in [4.69, 9.17) is 21.3 Å². The molecule has 6 nitrogen and oxygen atoms in total. The first kappa shape index (κ1) is 25.5. The highest BCUT2D eigenvalue weighted by atomic mass is 35.5. The third-order valence-electron chi connectivity index (χ3n) is 5.62. The van der Waals surface area contributed by atoms with Crippen molar-refractivity contribution in [3.63, 3.8) is 0 Å². The Morgan fingerprint density at radius 2 is 2.00 bits per heavy atom. The quantitative estimate of drug-likeness (QED) is 0.518. The predicted octanol–water partition coefficient (Wildman–Crippen LogP) is 5.70. The topological polar surface area (TPSA) is 59.4 Å². The fourth-order valence-electron chi connectivity index (χ4n) is 3.97. The summed E-state index contributed by atoms with van der Waals surface area (Å²) < 4.78 is 21.4. The number of carbonyl (C=O) groups is 1. The van der Waals surface area contributed by atoms with Gasteiger partial charge in [0.1, 0.15) is 17.2 Å². The zero-order valence-electron chi connectivity index (χ0n) is 20.3. The van der Waals surface area contributed by atoms with E-state index in [-0.39, 0.29) is 17.0 Å². The van der Waals surface area contributed by atoms with E-state index in [2.05, 4.69) is 23.7 Å². The molecule has 1 aliphatic heterocycles. The second-order valence-corrected chi connectivity index (χ2v) is 10.6. The Balaban J connectivity index is 1.75. The van der Waals surface area contributed by atoms with Crippen molar-refractivity contribution in [3.05, 3.63) is 41.1 Å². The molecule has 0 spiro atoms. The molecule has 182 valence electrons. The molecule has 3 rings (SSSR count). The summed E-state index contributed by atoms with van der Waals surface area (Å²) in [6.07, 6.45) is 3.40. The molecule has 33 heavy (non-hydrogen) atoms. The van der Waals surface area contributed by atoms with Crippen LogP contribution in [0.5, 0.6) is 0 Å². The van der Waals surface area contributed by atoms with E-state index >= 15 is 0 Å². The maximum atomic E-state index is 13.7. The zero-order valence-corrected chi connectivity index (χ0v) is 21.1. The average Bonchev–Trinajstić information content (AvgIpc) is 3.16. The third-order valence-corrected chi connectivity index (χ3v) is 5.91. The number of amides is 1. The predicted molar refractivity (Wildman–Crippen MR) is 130 cm³/mol. The largest absolute Gasteiger partial charge is 0.444 e. The molecule has 0 saturated carbocycles. The second-order valence-electron chi connectivity index (χ2n) is 10.1. The monoisotopic (exact) mass is 478 g/mol. The molecule has 1 saturated heterocycles. The smallest absolute Gasteiger partial charge is 0.410 e. The van der Waals surface area contributed by atoms with Gasteiger partial charge >= 0.3 is 6.09 Å². The Morgan fingerprint density at radius 1 is 1.30 bits per heavy atom. The number of hydrogen-bond acceptors (Lipinski definition) is 4. The lowest BCUT2D eigenvalue weighted by molar-refractivity contribution is 0.0202. The number of ether oxygens (including phenoxy) is 1. The number of imidazole rings is 1. The number of nitrogens with zero attached hydrogens (tertiary/aromatic N) is 3. The molecule has 1 aromatic carbocycles. The summed E-state index contributed by atoms with van der Waals surface area (Å²) in [6, 6.07) is 4.70. The molecule has 2 aromatic rings. The molecule has 0 atom stereocenters. The first-order chi connectivity index (χ1) is 15.5. The summed E-state index contributed by atoms with van der Waals surface area (Å²) in [5.74, 6) is 1.38. The fraction of sp³-hybridized carbons (Fsp3) is 0.600. The van der Waals surface area contributed by atoms with Gasteiger partial charge in [0.2, 0.25) is 0 Å². The van der Waals surface area contributed by atoms with Crippen molar-refractivity contribution in [2.24, 2.45) is 5.92 Å². The summed E-state index contributed by atoms with van der Waals surface area (Å²) in [6.45, 7) is 13.9. The van der Waals surface area contributed by atoms with Crippen LogP contribution in [-0.4, -0.2) is 52.3 Å². The van der Waals surface area contributed by atoms with E-state index in [1.807, 2.05) is 27.0 Å². The van der Waals surface area contributed by atoms with Gasteiger partial charge in [-0.05, 0) is 64.3 Å². The minimum Gasteiger partial charge on any atom is -0.444 e. The van der Waals surface area contributed by atoms with Crippen molar-refractivity contribution in [3.8, 4) is 11.3 Å². The second kappa shape index (κ2) is 10.9. The maximum Gasteiger partial charge on any atom is 0.410 e. The first-order valence-electron chi connectivity index (χ1n) is 11.7. The number of hydrogen-bond donors (Lipinski definition) is 1. The lowest BCUT2D eigenvalue weighted by Crippen LogP contribution is -2.41. The number of halogens is 2. The van der Waals surface area contributed by atoms with Crippen molar-refractivity contribution in [1.82, 2.24) is 19.8 Å². The van der Waals surface area contributed by atoms with E-state index in [0.717, 1.165) is 49.6 Å². The molecular weight excluding hydrogens is 443 g/mol. The molecule has 1 N–H and O–H groups in total. The van der Waals surface area contributed by atoms with Crippen molar-refractivity contribution >= 4 is 17.7 Å². The summed E-state index contributed by atoms with van der Waals surface area (Å²) in [5, 5.41) is 3.57. The number of rotatable bonds is 7. The van der Waals surface area contributed by atoms with Gasteiger partial charge in [0, 0.05) is 43.9 Å². The lowest BCUT2D eigenvalue weighted by Gasteiger charge is -2.33. The number of carbonyl (C=O) groups excluding carboxylic acids is 1. The van der Waals surface area contributed by atoms with Crippen LogP contribution in [0.4, 0.5) is 9.18 Å². The standard InChI is InChI=1S/C25H36ClFN4O2/c1-17(2)15-28-10-13-31-16-22(19-6-7-21(27)20(26)14-19)29-23(31)18-8-11-30(12-9-18)24(32)33-25(3,4)5/h6-7,14,16-18,28H,8-13,15H2,1-5H3. The van der Waals surface area contributed by atoms with Crippen LogP contribution >= 0.6 is 11.6 Å². The van der Waals surface area contributed by atoms with E-state index in [1.165, 1.54) is 6.07 Å². The van der Waals surface area contributed by atoms with E-state index in [1.54, 1.807) is 17.0 Å². The molecule has 1 aromatic heterocycles. The van der Waals surface area contributed by atoms with Gasteiger partial charge in [0.25, 0.3) is 0 Å². The summed E-state index contributed by atoms with van der Waals surface area (Å²) in [7, 11) is 0. The molecule has 0 unspecified atom stereocenters. The Kier molecular flexibility index (Phi) is 8.40. The van der Waals surface area contributed by atoms with Gasteiger partial charge in [-0.1, -0.05) is 25.4 Å². The molecule has 8 heteroatoms. The van der Waals surface area contributed by atoms with Gasteiger partial charge in [0.15, 0.2) is 0 Å². The average molecular weight is 479 g/mol. The number of piperidine rings is 1. The van der Waals surface area contributed by atoms with Crippen LogP contribution in [-0.2, 0) is 11.3 Å². The SMILES string of the molecule is CC(C)CNCCn1cc(-c2ccc(F)c(Cl)c2)nc1C1CCN(C(=O)OC(C)(C)C)CC1. The van der Waals surface area contributed by atoms with Crippen LogP contribution in [0.2, 0.25) is 5.02 Å². The van der Waals surface area contributed by atoms with Gasteiger partial charge in [-0.15, -0.1) is 0 Å². The molecule has 0 radical (unpaired) electrons. The zero-order chi connectivity index (χ0) is 24.2. The number of aromatic nitrogens is 2. The number of likely N-dealkylation sites (tertiary alicyclic amines) is 1. The van der Waals surface area contributed by atoms with Gasteiger partial charge in [0.05, 0.1) is 10.7 Å². The summed E-state index contributed by atoms with van der Waals surface area (Å²) >= 11 is 6.01. The van der Waals surface area contributed by atoms with Crippen molar-refractivity contribution in [1.29, 1.82) is 0 Å². The van der Waals surface area contributed by atoms with Crippen molar-refractivity contribution in [2.75, 3.05) is 26.2 Å². The molecule has 0 aliphatic carbocycles. The van der Waals surface area contributed by atoms with Crippen LogP contribution in [0, 0.1) is 11.7 Å². The minimum atomic E-state index is -0.501. The fourth-order valence-corrected chi connectivity index (χ4v) is 4.15. The number of nitrogens with one attached hydrogen (secondary N) is 1. The molecule has 1 fully saturated rings. The van der Waals surface area contributed by atoms with Crippen molar-refractivity contribution in [2.45, 2.75) is 65.5 Å². The highest BCUT2D eigenvalue weighted by Crippen LogP contribution is 2.31. The summed E-state index contributed by atoms with van der Waals surface area (Å²) in [4.78, 5) is 19.1. The van der Waals surface area contributed by atoms with Crippen LogP contribution in [0.25, 0.3) is 11.3 Å².